The first-order valence-electron chi connectivity index (χ1n) is 7.80. The third-order valence-corrected chi connectivity index (χ3v) is 4.17. The van der Waals surface area contributed by atoms with Crippen molar-refractivity contribution in [3.05, 3.63) is 33.5 Å². The maximum atomic E-state index is 12.8. The number of terminal acetylenes is 1. The highest BCUT2D eigenvalue weighted by Crippen LogP contribution is 2.20. The van der Waals surface area contributed by atoms with E-state index >= 15 is 0 Å². The summed E-state index contributed by atoms with van der Waals surface area (Å²) in [7, 11) is 1.60. The van der Waals surface area contributed by atoms with Gasteiger partial charge in [0.25, 0.3) is 5.56 Å². The first-order valence-corrected chi connectivity index (χ1v) is 7.80. The van der Waals surface area contributed by atoms with Crippen LogP contribution in [0, 0.1) is 12.3 Å². The van der Waals surface area contributed by atoms with Crippen LogP contribution in [0.4, 0.5) is 5.95 Å². The number of nitrogens with one attached hydrogen (secondary N) is 1. The molecule has 1 N–H and O–H groups in total. The quantitative estimate of drug-likeness (QED) is 0.583. The lowest BCUT2D eigenvalue weighted by Gasteiger charge is -2.28. The number of hydrogen-bond acceptors (Lipinski definition) is 5. The molecular weight excluding hydrogens is 308 g/mol. The standard InChI is InChI=1S/C16H20N6O2/c1-4-8-21-12-13(18-15(21)20-10-6-17-7-11-20)19(3)16(24)22(9-5-2)14(12)23/h2,4,17H,1,6-11H2,3H3. The van der Waals surface area contributed by atoms with Crippen LogP contribution in [0.1, 0.15) is 0 Å². The summed E-state index contributed by atoms with van der Waals surface area (Å²) >= 11 is 0. The first kappa shape index (κ1) is 16.1. The summed E-state index contributed by atoms with van der Waals surface area (Å²) in [6.45, 7) is 7.39. The highest BCUT2D eigenvalue weighted by atomic mass is 16.2. The predicted octanol–water partition coefficient (Wildman–Crippen LogP) is -0.874. The molecule has 8 nitrogen and oxygen atoms in total. The van der Waals surface area contributed by atoms with Crippen LogP contribution in [0.3, 0.4) is 0 Å². The SMILES string of the molecule is C#CCn1c(=O)c2c(nc(N3CCNCC3)n2CC=C)n(C)c1=O. The fourth-order valence-electron chi connectivity index (χ4n) is 3.00. The van der Waals surface area contributed by atoms with Crippen LogP contribution in [0.25, 0.3) is 11.2 Å². The lowest BCUT2D eigenvalue weighted by Crippen LogP contribution is -2.44. The Morgan fingerprint density at radius 3 is 2.67 bits per heavy atom. The van der Waals surface area contributed by atoms with Crippen molar-refractivity contribution in [3.8, 4) is 12.3 Å². The Balaban J connectivity index is 2.33. The van der Waals surface area contributed by atoms with Gasteiger partial charge in [0.15, 0.2) is 11.2 Å². The van der Waals surface area contributed by atoms with E-state index in [0.29, 0.717) is 23.7 Å². The first-order chi connectivity index (χ1) is 11.6. The number of fused-ring (bicyclic) bond motifs is 1. The lowest BCUT2D eigenvalue weighted by molar-refractivity contribution is 0.572. The van der Waals surface area contributed by atoms with Crippen LogP contribution in [0.15, 0.2) is 22.2 Å². The highest BCUT2D eigenvalue weighted by molar-refractivity contribution is 5.74. The van der Waals surface area contributed by atoms with E-state index < -0.39 is 11.2 Å². The maximum absolute atomic E-state index is 12.8. The van der Waals surface area contributed by atoms with Crippen molar-refractivity contribution in [2.75, 3.05) is 31.1 Å². The van der Waals surface area contributed by atoms with Gasteiger partial charge >= 0.3 is 5.69 Å². The van der Waals surface area contributed by atoms with Gasteiger partial charge in [0.05, 0.1) is 6.54 Å². The molecule has 0 radical (unpaired) electrons. The van der Waals surface area contributed by atoms with E-state index in [1.54, 1.807) is 13.1 Å². The van der Waals surface area contributed by atoms with Gasteiger partial charge in [-0.15, -0.1) is 13.0 Å². The van der Waals surface area contributed by atoms with Gasteiger partial charge in [-0.2, -0.15) is 4.98 Å². The Kier molecular flexibility index (Phi) is 4.27. The van der Waals surface area contributed by atoms with Gasteiger partial charge in [0, 0.05) is 39.8 Å². The average Bonchev–Trinajstić information content (AvgIpc) is 2.98. The van der Waals surface area contributed by atoms with Crippen LogP contribution in [0.5, 0.6) is 0 Å². The molecule has 8 heteroatoms. The fourth-order valence-corrected chi connectivity index (χ4v) is 3.00. The molecule has 0 spiro atoms. The number of aromatic nitrogens is 4. The number of piperazine rings is 1. The minimum atomic E-state index is -0.458. The minimum absolute atomic E-state index is 0.0658. The number of anilines is 1. The van der Waals surface area contributed by atoms with Crippen molar-refractivity contribution < 1.29 is 0 Å². The van der Waals surface area contributed by atoms with Crippen molar-refractivity contribution in [3.63, 3.8) is 0 Å². The van der Waals surface area contributed by atoms with E-state index in [1.807, 2.05) is 4.57 Å². The lowest BCUT2D eigenvalue weighted by atomic mass is 10.4. The number of rotatable bonds is 4. The van der Waals surface area contributed by atoms with E-state index in [-0.39, 0.29) is 6.54 Å². The number of hydrogen-bond donors (Lipinski definition) is 1. The van der Waals surface area contributed by atoms with Crippen LogP contribution in [-0.2, 0) is 20.1 Å². The molecule has 1 aliphatic heterocycles. The third kappa shape index (κ3) is 2.43. The second-order valence-electron chi connectivity index (χ2n) is 5.66. The zero-order valence-electron chi connectivity index (χ0n) is 13.7. The van der Waals surface area contributed by atoms with Crippen molar-refractivity contribution in [1.82, 2.24) is 24.0 Å². The Morgan fingerprint density at radius 2 is 2.04 bits per heavy atom. The maximum Gasteiger partial charge on any atom is 0.333 e. The molecule has 126 valence electrons. The van der Waals surface area contributed by atoms with Gasteiger partial charge in [-0.3, -0.25) is 9.36 Å². The molecule has 1 aliphatic rings. The predicted molar refractivity (Wildman–Crippen MR) is 93.3 cm³/mol. The second kappa shape index (κ2) is 6.37. The van der Waals surface area contributed by atoms with Crippen molar-refractivity contribution >= 4 is 17.1 Å². The Bertz CT molecular complexity index is 937. The van der Waals surface area contributed by atoms with Gasteiger partial charge in [0.1, 0.15) is 0 Å². The Hall–Kier alpha value is -2.79. The van der Waals surface area contributed by atoms with Crippen LogP contribution in [-0.4, -0.2) is 44.9 Å². The normalized spacial score (nSPS) is 14.8. The van der Waals surface area contributed by atoms with Crippen LogP contribution >= 0.6 is 0 Å². The summed E-state index contributed by atoms with van der Waals surface area (Å²) < 4.78 is 4.24. The summed E-state index contributed by atoms with van der Waals surface area (Å²) in [4.78, 5) is 31.9. The van der Waals surface area contributed by atoms with E-state index in [4.69, 9.17) is 6.42 Å². The summed E-state index contributed by atoms with van der Waals surface area (Å²) in [5, 5.41) is 3.29. The highest BCUT2D eigenvalue weighted by Gasteiger charge is 2.23. The van der Waals surface area contributed by atoms with Crippen molar-refractivity contribution in [2.45, 2.75) is 13.1 Å². The molecule has 0 aromatic carbocycles. The summed E-state index contributed by atoms with van der Waals surface area (Å²) in [5.74, 6) is 3.04. The molecule has 2 aromatic heterocycles. The van der Waals surface area contributed by atoms with Gasteiger partial charge in [-0.25, -0.2) is 9.36 Å². The number of aryl methyl sites for hydroxylation is 1. The van der Waals surface area contributed by atoms with Crippen molar-refractivity contribution in [2.24, 2.45) is 7.05 Å². The monoisotopic (exact) mass is 328 g/mol. The molecule has 0 saturated carbocycles. The van der Waals surface area contributed by atoms with E-state index in [1.165, 1.54) is 4.57 Å². The topological polar surface area (TPSA) is 77.1 Å². The number of allylic oxidation sites excluding steroid dienone is 1. The Labute approximate surface area is 139 Å². The fraction of sp³-hybridized carbons (Fsp3) is 0.438. The molecule has 0 aliphatic carbocycles. The zero-order chi connectivity index (χ0) is 17.3. The smallest absolute Gasteiger partial charge is 0.333 e. The minimum Gasteiger partial charge on any atom is -0.340 e. The number of imidazole rings is 1. The molecule has 1 fully saturated rings. The summed E-state index contributed by atoms with van der Waals surface area (Å²) in [6.07, 6.45) is 7.01. The van der Waals surface area contributed by atoms with Gasteiger partial charge < -0.3 is 14.8 Å². The molecular formula is C16H20N6O2. The average molecular weight is 328 g/mol. The van der Waals surface area contributed by atoms with Crippen molar-refractivity contribution in [1.29, 1.82) is 0 Å². The second-order valence-corrected chi connectivity index (χ2v) is 5.66. The van der Waals surface area contributed by atoms with E-state index in [0.717, 1.165) is 30.7 Å². The van der Waals surface area contributed by atoms with E-state index in [2.05, 4.69) is 27.7 Å². The van der Waals surface area contributed by atoms with Gasteiger partial charge in [-0.05, 0) is 0 Å². The summed E-state index contributed by atoms with van der Waals surface area (Å²) in [6, 6.07) is 0. The van der Waals surface area contributed by atoms with Gasteiger partial charge in [-0.1, -0.05) is 12.0 Å². The van der Waals surface area contributed by atoms with Gasteiger partial charge in [0.2, 0.25) is 5.95 Å². The Morgan fingerprint density at radius 1 is 1.33 bits per heavy atom. The molecule has 0 atom stereocenters. The zero-order valence-corrected chi connectivity index (χ0v) is 13.7. The molecule has 24 heavy (non-hydrogen) atoms. The van der Waals surface area contributed by atoms with E-state index in [9.17, 15) is 9.59 Å². The molecule has 2 aromatic rings. The molecule has 0 amide bonds. The largest absolute Gasteiger partial charge is 0.340 e. The van der Waals surface area contributed by atoms with Crippen LogP contribution in [0.2, 0.25) is 0 Å². The summed E-state index contributed by atoms with van der Waals surface area (Å²) in [5.41, 5.74) is -0.128. The molecule has 0 bridgehead atoms. The molecule has 3 rings (SSSR count). The molecule has 1 saturated heterocycles. The van der Waals surface area contributed by atoms with Crippen LogP contribution < -0.4 is 21.5 Å². The molecule has 0 unspecified atom stereocenters. The third-order valence-electron chi connectivity index (χ3n) is 4.17. The molecule has 3 heterocycles. The number of nitrogens with zero attached hydrogens (tertiary/aromatic N) is 5.